The zero-order valence-electron chi connectivity index (χ0n) is 36.3. The number of hydrogen-bond acceptors (Lipinski definition) is 7. The van der Waals surface area contributed by atoms with Crippen molar-refractivity contribution in [3.8, 4) is 0 Å². The van der Waals surface area contributed by atoms with E-state index in [1.54, 1.807) is 0 Å². The second-order valence-electron chi connectivity index (χ2n) is 15.9. The molecule has 7 heteroatoms. The molecule has 0 spiro atoms. The van der Waals surface area contributed by atoms with E-state index in [0.717, 1.165) is 51.2 Å². The molecule has 0 aliphatic carbocycles. The topological polar surface area (TPSA) is 108 Å². The number of aldehydes is 1. The van der Waals surface area contributed by atoms with Crippen LogP contribution < -0.4 is 11.1 Å². The third-order valence-corrected chi connectivity index (χ3v) is 10.6. The average molecular weight is 775 g/mol. The fourth-order valence-electron chi connectivity index (χ4n) is 6.86. The lowest BCUT2D eigenvalue weighted by atomic mass is 10.0. The number of esters is 2. The molecule has 55 heavy (non-hydrogen) atoms. The van der Waals surface area contributed by atoms with Crippen LogP contribution in [-0.4, -0.2) is 50.6 Å². The molecule has 0 saturated heterocycles. The standard InChI is InChI=1S/C48H90N2O5/c1-3-5-7-9-11-13-15-17-19-21-23-25-27-29-31-35-41-54-47(52)39-38-45(43-50-46(44-51)37-33-34-40-49)48(53)55-42-36-32-30-28-26-24-22-20-18-16-14-12-10-8-6-4-2/h17-20,44-46,50H,3-16,21-43,49H2,1-2H3/b19-17-,20-18-/t45?,46-/m0/s1. The first-order chi connectivity index (χ1) is 27.1. The number of ether oxygens (including phenoxy) is 2. The van der Waals surface area contributed by atoms with Gasteiger partial charge in [-0.25, -0.2) is 0 Å². The Hall–Kier alpha value is -1.99. The van der Waals surface area contributed by atoms with Crippen LogP contribution in [0.4, 0.5) is 0 Å². The molecule has 0 radical (unpaired) electrons. The van der Waals surface area contributed by atoms with E-state index in [4.69, 9.17) is 15.2 Å². The molecule has 7 nitrogen and oxygen atoms in total. The van der Waals surface area contributed by atoms with Gasteiger partial charge in [-0.05, 0) is 90.0 Å². The molecule has 0 fully saturated rings. The lowest BCUT2D eigenvalue weighted by Gasteiger charge is -2.19. The van der Waals surface area contributed by atoms with Crippen molar-refractivity contribution in [1.29, 1.82) is 0 Å². The maximum atomic E-state index is 13.1. The van der Waals surface area contributed by atoms with Crippen LogP contribution in [0.2, 0.25) is 0 Å². The smallest absolute Gasteiger partial charge is 0.310 e. The minimum Gasteiger partial charge on any atom is -0.466 e. The van der Waals surface area contributed by atoms with E-state index >= 15 is 0 Å². The highest BCUT2D eigenvalue weighted by molar-refractivity contribution is 5.75. The van der Waals surface area contributed by atoms with Gasteiger partial charge in [0.15, 0.2) is 0 Å². The Morgan fingerprint density at radius 2 is 0.945 bits per heavy atom. The number of hydrogen-bond donors (Lipinski definition) is 2. The molecule has 0 aromatic carbocycles. The molecule has 0 aromatic heterocycles. The van der Waals surface area contributed by atoms with Crippen molar-refractivity contribution < 1.29 is 23.9 Å². The highest BCUT2D eigenvalue weighted by atomic mass is 16.5. The fraction of sp³-hybridized carbons (Fsp3) is 0.854. The molecule has 0 aromatic rings. The third kappa shape index (κ3) is 40.0. The van der Waals surface area contributed by atoms with Crippen LogP contribution in [0.1, 0.15) is 226 Å². The molecular formula is C48H90N2O5. The van der Waals surface area contributed by atoms with Crippen molar-refractivity contribution in [3.05, 3.63) is 24.3 Å². The first-order valence-corrected chi connectivity index (χ1v) is 23.6. The van der Waals surface area contributed by atoms with E-state index in [1.807, 2.05) is 0 Å². The summed E-state index contributed by atoms with van der Waals surface area (Å²) in [7, 11) is 0. The molecule has 0 bridgehead atoms. The first kappa shape index (κ1) is 53.0. The van der Waals surface area contributed by atoms with Gasteiger partial charge in [0.1, 0.15) is 6.29 Å². The van der Waals surface area contributed by atoms with Gasteiger partial charge in [-0.2, -0.15) is 0 Å². The summed E-state index contributed by atoms with van der Waals surface area (Å²) in [4.78, 5) is 37.3. The Morgan fingerprint density at radius 1 is 0.527 bits per heavy atom. The zero-order valence-corrected chi connectivity index (χ0v) is 36.3. The number of carbonyl (C=O) groups excluding carboxylic acids is 3. The largest absolute Gasteiger partial charge is 0.466 e. The number of allylic oxidation sites excluding steroid dienone is 4. The fourth-order valence-corrected chi connectivity index (χ4v) is 6.86. The van der Waals surface area contributed by atoms with Gasteiger partial charge in [0.2, 0.25) is 0 Å². The highest BCUT2D eigenvalue weighted by Crippen LogP contribution is 2.15. The van der Waals surface area contributed by atoms with E-state index in [-0.39, 0.29) is 24.4 Å². The molecule has 1 unspecified atom stereocenters. The average Bonchev–Trinajstić information content (AvgIpc) is 3.19. The SMILES string of the molecule is CCCCCCCC/C=C\CCCCCCCCOC(=O)CCC(CN[C@H](C=O)CCCCN)C(=O)OCCCCCCCC/C=C\CCCCCCCC. The number of unbranched alkanes of at least 4 members (excludes halogenated alkanes) is 25. The van der Waals surface area contributed by atoms with E-state index in [0.29, 0.717) is 39.1 Å². The van der Waals surface area contributed by atoms with Crippen LogP contribution in [0.5, 0.6) is 0 Å². The molecule has 0 heterocycles. The van der Waals surface area contributed by atoms with Gasteiger partial charge in [-0.3, -0.25) is 9.59 Å². The Labute approximate surface area is 340 Å². The monoisotopic (exact) mass is 775 g/mol. The predicted octanol–water partition coefficient (Wildman–Crippen LogP) is 12.8. The summed E-state index contributed by atoms with van der Waals surface area (Å²) in [5, 5.41) is 3.22. The predicted molar refractivity (Wildman–Crippen MR) is 234 cm³/mol. The summed E-state index contributed by atoms with van der Waals surface area (Å²) in [5.41, 5.74) is 5.61. The third-order valence-electron chi connectivity index (χ3n) is 10.6. The molecule has 322 valence electrons. The van der Waals surface area contributed by atoms with Gasteiger partial charge in [0.25, 0.3) is 0 Å². The van der Waals surface area contributed by atoms with Crippen LogP contribution in [0, 0.1) is 5.92 Å². The summed E-state index contributed by atoms with van der Waals surface area (Å²) in [6.07, 6.45) is 47.9. The van der Waals surface area contributed by atoms with Crippen molar-refractivity contribution in [2.75, 3.05) is 26.3 Å². The van der Waals surface area contributed by atoms with Crippen LogP contribution >= 0.6 is 0 Å². The van der Waals surface area contributed by atoms with Crippen molar-refractivity contribution in [2.24, 2.45) is 11.7 Å². The highest BCUT2D eigenvalue weighted by Gasteiger charge is 2.23. The second kappa shape index (κ2) is 44.7. The summed E-state index contributed by atoms with van der Waals surface area (Å²) < 4.78 is 11.2. The summed E-state index contributed by atoms with van der Waals surface area (Å²) >= 11 is 0. The molecule has 0 rings (SSSR count). The van der Waals surface area contributed by atoms with Gasteiger partial charge in [-0.1, -0.05) is 160 Å². The van der Waals surface area contributed by atoms with Gasteiger partial charge >= 0.3 is 11.9 Å². The van der Waals surface area contributed by atoms with Crippen LogP contribution in [-0.2, 0) is 23.9 Å². The summed E-state index contributed by atoms with van der Waals surface area (Å²) in [6.45, 7) is 6.25. The van der Waals surface area contributed by atoms with Crippen molar-refractivity contribution in [1.82, 2.24) is 5.32 Å². The Balaban J connectivity index is 4.19. The number of nitrogens with one attached hydrogen (secondary N) is 1. The number of carbonyl (C=O) groups is 3. The van der Waals surface area contributed by atoms with E-state index in [2.05, 4.69) is 43.5 Å². The molecule has 0 aliphatic rings. The van der Waals surface area contributed by atoms with Crippen molar-refractivity contribution in [2.45, 2.75) is 232 Å². The molecular weight excluding hydrogens is 685 g/mol. The first-order valence-electron chi connectivity index (χ1n) is 23.6. The van der Waals surface area contributed by atoms with Crippen LogP contribution in [0.25, 0.3) is 0 Å². The molecule has 3 N–H and O–H groups in total. The summed E-state index contributed by atoms with van der Waals surface area (Å²) in [5.74, 6) is -1.06. The van der Waals surface area contributed by atoms with Crippen molar-refractivity contribution in [3.63, 3.8) is 0 Å². The van der Waals surface area contributed by atoms with E-state index in [9.17, 15) is 14.4 Å². The molecule has 0 amide bonds. The quantitative estimate of drug-likeness (QED) is 0.0275. The van der Waals surface area contributed by atoms with E-state index < -0.39 is 5.92 Å². The molecule has 0 aliphatic heterocycles. The Morgan fingerprint density at radius 3 is 1.38 bits per heavy atom. The van der Waals surface area contributed by atoms with Crippen LogP contribution in [0.3, 0.4) is 0 Å². The van der Waals surface area contributed by atoms with Crippen molar-refractivity contribution >= 4 is 18.2 Å². The lowest BCUT2D eigenvalue weighted by Crippen LogP contribution is -2.38. The lowest BCUT2D eigenvalue weighted by molar-refractivity contribution is -0.150. The van der Waals surface area contributed by atoms with E-state index in [1.165, 1.54) is 148 Å². The van der Waals surface area contributed by atoms with Crippen LogP contribution in [0.15, 0.2) is 24.3 Å². The van der Waals surface area contributed by atoms with Gasteiger partial charge in [0, 0.05) is 13.0 Å². The Kier molecular flexibility index (Phi) is 43.1. The van der Waals surface area contributed by atoms with Gasteiger partial charge in [-0.15, -0.1) is 0 Å². The van der Waals surface area contributed by atoms with Gasteiger partial charge < -0.3 is 25.3 Å². The zero-order chi connectivity index (χ0) is 40.1. The number of rotatable bonds is 44. The minimum absolute atomic E-state index is 0.168. The maximum Gasteiger partial charge on any atom is 0.310 e. The molecule has 0 saturated carbocycles. The maximum absolute atomic E-state index is 13.1. The van der Waals surface area contributed by atoms with Gasteiger partial charge in [0.05, 0.1) is 25.2 Å². The Bertz CT molecular complexity index is 892. The number of nitrogens with two attached hydrogens (primary N) is 1. The second-order valence-corrected chi connectivity index (χ2v) is 15.9. The molecule has 2 atom stereocenters. The normalized spacial score (nSPS) is 12.8. The minimum atomic E-state index is -0.496. The summed E-state index contributed by atoms with van der Waals surface area (Å²) in [6, 6.07) is -0.337.